The highest BCUT2D eigenvalue weighted by molar-refractivity contribution is 5.35. The summed E-state index contributed by atoms with van der Waals surface area (Å²) in [5.74, 6) is 0. The quantitative estimate of drug-likeness (QED) is 0.620. The Morgan fingerprint density at radius 2 is 1.56 bits per heavy atom. The fraction of sp³-hybridized carbons (Fsp3) is 0.500. The number of benzene rings is 2. The zero-order chi connectivity index (χ0) is 17.5. The average Bonchev–Trinajstić information content (AvgIpc) is 2.66. The number of rotatable bonds is 8. The molecule has 0 saturated heterocycles. The van der Waals surface area contributed by atoms with Crippen LogP contribution < -0.4 is 0 Å². The molecule has 0 aliphatic heterocycles. The van der Waals surface area contributed by atoms with E-state index in [-0.39, 0.29) is 0 Å². The summed E-state index contributed by atoms with van der Waals surface area (Å²) in [5, 5.41) is 0. The van der Waals surface area contributed by atoms with Crippen molar-refractivity contribution in [1.82, 2.24) is 4.90 Å². The summed E-state index contributed by atoms with van der Waals surface area (Å²) in [4.78, 5) is 2.73. The molecule has 0 spiro atoms. The standard InChI is InChI=1S/C24H33N/c1-3-16-25(17-4-2)24-15-14-22-18-21(12-13-23(22)19-24)11-10-20-8-6-5-7-9-20/h5-9,12-13,18,24H,3-4,10-11,14-17,19H2,1-2H3. The van der Waals surface area contributed by atoms with Gasteiger partial charge in [0.25, 0.3) is 0 Å². The van der Waals surface area contributed by atoms with E-state index in [0.717, 1.165) is 18.9 Å². The van der Waals surface area contributed by atoms with Gasteiger partial charge in [0.1, 0.15) is 0 Å². The van der Waals surface area contributed by atoms with Gasteiger partial charge in [0, 0.05) is 6.04 Å². The summed E-state index contributed by atoms with van der Waals surface area (Å²) >= 11 is 0. The van der Waals surface area contributed by atoms with Crippen molar-refractivity contribution in [2.24, 2.45) is 0 Å². The molecular formula is C24H33N. The monoisotopic (exact) mass is 335 g/mol. The summed E-state index contributed by atoms with van der Waals surface area (Å²) in [7, 11) is 0. The Bertz CT molecular complexity index is 640. The van der Waals surface area contributed by atoms with Crippen molar-refractivity contribution in [1.29, 1.82) is 0 Å². The third kappa shape index (κ3) is 4.95. The van der Waals surface area contributed by atoms with Crippen LogP contribution in [0.3, 0.4) is 0 Å². The SMILES string of the molecule is CCCN(CCC)C1CCc2cc(CCc3ccccc3)ccc2C1. The lowest BCUT2D eigenvalue weighted by molar-refractivity contribution is 0.180. The first-order valence-corrected chi connectivity index (χ1v) is 10.2. The highest BCUT2D eigenvalue weighted by Gasteiger charge is 2.23. The Morgan fingerprint density at radius 1 is 0.840 bits per heavy atom. The first-order chi connectivity index (χ1) is 12.3. The Labute approximate surface area is 154 Å². The molecule has 134 valence electrons. The van der Waals surface area contributed by atoms with Crippen molar-refractivity contribution >= 4 is 0 Å². The molecule has 0 bridgehead atoms. The Kier molecular flexibility index (Phi) is 6.69. The van der Waals surface area contributed by atoms with Crippen LogP contribution in [0.25, 0.3) is 0 Å². The van der Waals surface area contributed by atoms with E-state index in [4.69, 9.17) is 0 Å². The number of hydrogen-bond donors (Lipinski definition) is 0. The minimum absolute atomic E-state index is 0.752. The van der Waals surface area contributed by atoms with Crippen LogP contribution in [0, 0.1) is 0 Å². The second-order valence-electron chi connectivity index (χ2n) is 7.52. The third-order valence-corrected chi connectivity index (χ3v) is 5.56. The fourth-order valence-corrected chi connectivity index (χ4v) is 4.24. The number of nitrogens with zero attached hydrogens (tertiary/aromatic N) is 1. The largest absolute Gasteiger partial charge is 0.300 e. The second-order valence-corrected chi connectivity index (χ2v) is 7.52. The van der Waals surface area contributed by atoms with Crippen LogP contribution in [-0.4, -0.2) is 24.0 Å². The molecule has 25 heavy (non-hydrogen) atoms. The molecule has 0 heterocycles. The maximum atomic E-state index is 2.73. The zero-order valence-corrected chi connectivity index (χ0v) is 16.0. The lowest BCUT2D eigenvalue weighted by Crippen LogP contribution is -2.40. The van der Waals surface area contributed by atoms with Gasteiger partial charge in [-0.25, -0.2) is 0 Å². The summed E-state index contributed by atoms with van der Waals surface area (Å²) in [6, 6.07) is 18.9. The molecule has 1 aliphatic carbocycles. The first-order valence-electron chi connectivity index (χ1n) is 10.2. The third-order valence-electron chi connectivity index (χ3n) is 5.56. The number of fused-ring (bicyclic) bond motifs is 1. The average molecular weight is 336 g/mol. The topological polar surface area (TPSA) is 3.24 Å². The van der Waals surface area contributed by atoms with Crippen LogP contribution >= 0.6 is 0 Å². The minimum Gasteiger partial charge on any atom is -0.300 e. The van der Waals surface area contributed by atoms with Crippen LogP contribution in [0.5, 0.6) is 0 Å². The van der Waals surface area contributed by atoms with Gasteiger partial charge in [-0.2, -0.15) is 0 Å². The molecule has 1 aliphatic rings. The van der Waals surface area contributed by atoms with E-state index >= 15 is 0 Å². The lowest BCUT2D eigenvalue weighted by Gasteiger charge is -2.35. The van der Waals surface area contributed by atoms with E-state index < -0.39 is 0 Å². The fourth-order valence-electron chi connectivity index (χ4n) is 4.24. The molecule has 1 heteroatoms. The Morgan fingerprint density at radius 3 is 2.28 bits per heavy atom. The molecule has 1 nitrogen and oxygen atoms in total. The maximum Gasteiger partial charge on any atom is 0.0139 e. The lowest BCUT2D eigenvalue weighted by atomic mass is 9.85. The van der Waals surface area contributed by atoms with Crippen LogP contribution in [0.1, 0.15) is 55.4 Å². The van der Waals surface area contributed by atoms with Gasteiger partial charge in [-0.15, -0.1) is 0 Å². The van der Waals surface area contributed by atoms with Crippen molar-refractivity contribution in [3.05, 3.63) is 70.8 Å². The molecule has 0 amide bonds. The van der Waals surface area contributed by atoms with E-state index in [1.54, 1.807) is 11.1 Å². The van der Waals surface area contributed by atoms with Crippen molar-refractivity contribution in [2.75, 3.05) is 13.1 Å². The van der Waals surface area contributed by atoms with Crippen LogP contribution in [0.2, 0.25) is 0 Å². The Hall–Kier alpha value is -1.60. The maximum absolute atomic E-state index is 2.73. The van der Waals surface area contributed by atoms with Crippen molar-refractivity contribution in [3.8, 4) is 0 Å². The van der Waals surface area contributed by atoms with E-state index in [2.05, 4.69) is 67.3 Å². The van der Waals surface area contributed by atoms with Crippen LogP contribution in [0.4, 0.5) is 0 Å². The number of hydrogen-bond acceptors (Lipinski definition) is 1. The molecule has 0 N–H and O–H groups in total. The highest BCUT2D eigenvalue weighted by atomic mass is 15.1. The minimum atomic E-state index is 0.752. The summed E-state index contributed by atoms with van der Waals surface area (Å²) in [6.45, 7) is 7.11. The number of aryl methyl sites for hydroxylation is 3. The normalized spacial score (nSPS) is 16.8. The van der Waals surface area contributed by atoms with E-state index in [9.17, 15) is 0 Å². The molecule has 1 atom stereocenters. The summed E-state index contributed by atoms with van der Waals surface area (Å²) < 4.78 is 0. The molecule has 0 saturated carbocycles. The van der Waals surface area contributed by atoms with E-state index in [1.807, 2.05) is 0 Å². The second kappa shape index (κ2) is 9.20. The molecule has 2 aromatic rings. The van der Waals surface area contributed by atoms with Crippen molar-refractivity contribution < 1.29 is 0 Å². The van der Waals surface area contributed by atoms with Gasteiger partial charge in [-0.05, 0) is 80.3 Å². The highest BCUT2D eigenvalue weighted by Crippen LogP contribution is 2.26. The van der Waals surface area contributed by atoms with Crippen molar-refractivity contribution in [3.63, 3.8) is 0 Å². The van der Waals surface area contributed by atoms with Gasteiger partial charge < -0.3 is 4.90 Å². The van der Waals surface area contributed by atoms with Crippen molar-refractivity contribution in [2.45, 2.75) is 64.8 Å². The predicted molar refractivity (Wildman–Crippen MR) is 108 cm³/mol. The van der Waals surface area contributed by atoms with E-state index in [1.165, 1.54) is 56.3 Å². The van der Waals surface area contributed by atoms with Gasteiger partial charge in [0.2, 0.25) is 0 Å². The summed E-state index contributed by atoms with van der Waals surface area (Å²) in [5.41, 5.74) is 6.14. The van der Waals surface area contributed by atoms with Gasteiger partial charge >= 0.3 is 0 Å². The Balaban J connectivity index is 1.62. The van der Waals surface area contributed by atoms with Gasteiger partial charge in [-0.1, -0.05) is 62.4 Å². The molecule has 1 unspecified atom stereocenters. The molecule has 2 aromatic carbocycles. The molecular weight excluding hydrogens is 302 g/mol. The van der Waals surface area contributed by atoms with Gasteiger partial charge in [0.05, 0.1) is 0 Å². The molecule has 0 radical (unpaired) electrons. The zero-order valence-electron chi connectivity index (χ0n) is 16.0. The predicted octanol–water partition coefficient (Wildman–Crippen LogP) is 5.45. The smallest absolute Gasteiger partial charge is 0.0139 e. The van der Waals surface area contributed by atoms with Crippen LogP contribution in [-0.2, 0) is 25.7 Å². The van der Waals surface area contributed by atoms with Crippen LogP contribution in [0.15, 0.2) is 48.5 Å². The van der Waals surface area contributed by atoms with Gasteiger partial charge in [0.15, 0.2) is 0 Å². The first kappa shape index (κ1) is 18.2. The van der Waals surface area contributed by atoms with E-state index in [0.29, 0.717) is 0 Å². The molecule has 0 aromatic heterocycles. The molecule has 0 fully saturated rings. The van der Waals surface area contributed by atoms with Gasteiger partial charge in [-0.3, -0.25) is 0 Å². The summed E-state index contributed by atoms with van der Waals surface area (Å²) in [6.07, 6.45) is 8.65. The molecule has 3 rings (SSSR count).